The molecule has 4 rings (SSSR count). The molecule has 0 unspecified atom stereocenters. The van der Waals surface area contributed by atoms with Crippen molar-refractivity contribution in [1.82, 2.24) is 25.2 Å². The molecule has 3 heterocycles. The lowest BCUT2D eigenvalue weighted by atomic mass is 10.2. The lowest BCUT2D eigenvalue weighted by molar-refractivity contribution is -0.122. The normalized spacial score (nSPS) is 12.4. The van der Waals surface area contributed by atoms with Gasteiger partial charge in [-0.05, 0) is 38.1 Å². The summed E-state index contributed by atoms with van der Waals surface area (Å²) in [7, 11) is 0. The predicted octanol–water partition coefficient (Wildman–Crippen LogP) is 1.21. The van der Waals surface area contributed by atoms with Gasteiger partial charge in [-0.15, -0.1) is 0 Å². The smallest absolute Gasteiger partial charge is 0.278 e. The number of benzene rings is 1. The van der Waals surface area contributed by atoms with Crippen molar-refractivity contribution in [2.24, 2.45) is 0 Å². The van der Waals surface area contributed by atoms with E-state index >= 15 is 0 Å². The van der Waals surface area contributed by atoms with E-state index in [2.05, 4.69) is 20.6 Å². The Kier molecular flexibility index (Phi) is 4.52. The summed E-state index contributed by atoms with van der Waals surface area (Å²) < 4.78 is 17.0. The monoisotopic (exact) mass is 383 g/mol. The zero-order chi connectivity index (χ0) is 19.7. The van der Waals surface area contributed by atoms with Gasteiger partial charge in [0.25, 0.3) is 11.4 Å². The number of nitrogens with zero attached hydrogens (tertiary/aromatic N) is 4. The molecule has 0 spiro atoms. The topological polar surface area (TPSA) is 121 Å². The van der Waals surface area contributed by atoms with Crippen LogP contribution < -0.4 is 20.3 Å². The van der Waals surface area contributed by atoms with E-state index in [1.54, 1.807) is 18.2 Å². The van der Waals surface area contributed by atoms with Gasteiger partial charge in [-0.25, -0.2) is 4.68 Å². The molecule has 10 heteroatoms. The van der Waals surface area contributed by atoms with Crippen LogP contribution in [0.1, 0.15) is 13.8 Å². The molecule has 144 valence electrons. The molecule has 0 bridgehead atoms. The molecule has 1 aliphatic rings. The van der Waals surface area contributed by atoms with Crippen LogP contribution in [0.25, 0.3) is 23.0 Å². The van der Waals surface area contributed by atoms with Crippen molar-refractivity contribution in [2.75, 3.05) is 6.79 Å². The van der Waals surface area contributed by atoms with E-state index in [-0.39, 0.29) is 36.9 Å². The summed E-state index contributed by atoms with van der Waals surface area (Å²) in [6.07, 6.45) is 0. The molecule has 2 aromatic heterocycles. The molecule has 1 amide bonds. The summed E-state index contributed by atoms with van der Waals surface area (Å²) in [6, 6.07) is 8.03. The molecular weight excluding hydrogens is 366 g/mol. The maximum Gasteiger partial charge on any atom is 0.278 e. The van der Waals surface area contributed by atoms with Gasteiger partial charge in [-0.1, -0.05) is 5.16 Å². The molecule has 0 saturated carbocycles. The highest BCUT2D eigenvalue weighted by Crippen LogP contribution is 2.35. The molecular formula is C18H17N5O5. The lowest BCUT2D eigenvalue weighted by Crippen LogP contribution is -2.36. The Bertz CT molecular complexity index is 1090. The van der Waals surface area contributed by atoms with E-state index in [1.807, 2.05) is 13.8 Å². The first-order valence-electron chi connectivity index (χ1n) is 8.61. The van der Waals surface area contributed by atoms with Crippen molar-refractivity contribution >= 4 is 5.91 Å². The Balaban J connectivity index is 1.59. The Hall–Kier alpha value is -3.69. The van der Waals surface area contributed by atoms with E-state index in [0.29, 0.717) is 22.9 Å². The van der Waals surface area contributed by atoms with Gasteiger partial charge in [-0.3, -0.25) is 9.59 Å². The minimum Gasteiger partial charge on any atom is -0.454 e. The summed E-state index contributed by atoms with van der Waals surface area (Å²) in [5, 5.41) is 10.8. The molecule has 1 aromatic carbocycles. The van der Waals surface area contributed by atoms with Crippen LogP contribution in [-0.2, 0) is 11.3 Å². The van der Waals surface area contributed by atoms with Crippen molar-refractivity contribution in [3.05, 3.63) is 40.7 Å². The number of aromatic nitrogens is 4. The van der Waals surface area contributed by atoms with Gasteiger partial charge in [0.2, 0.25) is 18.5 Å². The Labute approximate surface area is 159 Å². The fraction of sp³-hybridized carbons (Fsp3) is 0.278. The van der Waals surface area contributed by atoms with Gasteiger partial charge < -0.3 is 19.3 Å². The maximum absolute atomic E-state index is 12.0. The molecule has 1 N–H and O–H groups in total. The molecule has 0 fully saturated rings. The lowest BCUT2D eigenvalue weighted by Gasteiger charge is -2.09. The number of hydrogen-bond acceptors (Lipinski definition) is 8. The highest BCUT2D eigenvalue weighted by Gasteiger charge is 2.18. The number of carbonyl (C=O) groups is 1. The fourth-order valence-electron chi connectivity index (χ4n) is 2.66. The Morgan fingerprint density at radius 1 is 1.21 bits per heavy atom. The van der Waals surface area contributed by atoms with Crippen molar-refractivity contribution in [3.63, 3.8) is 0 Å². The first kappa shape index (κ1) is 17.7. The minimum absolute atomic E-state index is 0.0356. The van der Waals surface area contributed by atoms with Crippen LogP contribution in [0.4, 0.5) is 0 Å². The first-order chi connectivity index (χ1) is 13.5. The van der Waals surface area contributed by atoms with Gasteiger partial charge in [0.15, 0.2) is 11.5 Å². The zero-order valence-corrected chi connectivity index (χ0v) is 15.2. The summed E-state index contributed by atoms with van der Waals surface area (Å²) >= 11 is 0. The van der Waals surface area contributed by atoms with Crippen molar-refractivity contribution in [1.29, 1.82) is 0 Å². The quantitative estimate of drug-likeness (QED) is 0.698. The molecule has 0 saturated heterocycles. The van der Waals surface area contributed by atoms with Crippen LogP contribution in [0, 0.1) is 0 Å². The molecule has 10 nitrogen and oxygen atoms in total. The molecule has 0 atom stereocenters. The second-order valence-electron chi connectivity index (χ2n) is 6.43. The van der Waals surface area contributed by atoms with Gasteiger partial charge >= 0.3 is 0 Å². The van der Waals surface area contributed by atoms with Crippen LogP contribution in [0.5, 0.6) is 11.5 Å². The predicted molar refractivity (Wildman–Crippen MR) is 96.6 cm³/mol. The average Bonchev–Trinajstić information content (AvgIpc) is 3.31. The Morgan fingerprint density at radius 3 is 2.86 bits per heavy atom. The van der Waals surface area contributed by atoms with E-state index in [0.717, 1.165) is 4.68 Å². The van der Waals surface area contributed by atoms with E-state index < -0.39 is 5.56 Å². The average molecular weight is 383 g/mol. The number of amides is 1. The summed E-state index contributed by atoms with van der Waals surface area (Å²) in [5.74, 6) is 1.41. The third-order valence-corrected chi connectivity index (χ3v) is 3.89. The van der Waals surface area contributed by atoms with Gasteiger partial charge in [-0.2, -0.15) is 10.1 Å². The molecule has 3 aromatic rings. The van der Waals surface area contributed by atoms with Crippen molar-refractivity contribution in [3.8, 4) is 34.5 Å². The van der Waals surface area contributed by atoms with Gasteiger partial charge in [0, 0.05) is 17.7 Å². The highest BCUT2D eigenvalue weighted by molar-refractivity contribution is 5.75. The van der Waals surface area contributed by atoms with Crippen LogP contribution in [-0.4, -0.2) is 38.7 Å². The highest BCUT2D eigenvalue weighted by atomic mass is 16.7. The van der Waals surface area contributed by atoms with E-state index in [9.17, 15) is 9.59 Å². The van der Waals surface area contributed by atoms with Crippen molar-refractivity contribution in [2.45, 2.75) is 26.4 Å². The molecule has 1 aliphatic heterocycles. The number of carbonyl (C=O) groups excluding carboxylic acids is 1. The van der Waals surface area contributed by atoms with Crippen LogP contribution in [0.15, 0.2) is 39.6 Å². The second kappa shape index (κ2) is 7.14. The van der Waals surface area contributed by atoms with Crippen LogP contribution >= 0.6 is 0 Å². The summed E-state index contributed by atoms with van der Waals surface area (Å²) in [6.45, 7) is 3.64. The second-order valence-corrected chi connectivity index (χ2v) is 6.43. The molecule has 0 radical (unpaired) electrons. The fourth-order valence-corrected chi connectivity index (χ4v) is 2.66. The molecule has 0 aliphatic carbocycles. The summed E-state index contributed by atoms with van der Waals surface area (Å²) in [5.41, 5.74) is 0.568. The van der Waals surface area contributed by atoms with Crippen LogP contribution in [0.2, 0.25) is 0 Å². The van der Waals surface area contributed by atoms with Gasteiger partial charge in [0.05, 0.1) is 0 Å². The third-order valence-electron chi connectivity index (χ3n) is 3.89. The first-order valence-corrected chi connectivity index (χ1v) is 8.61. The summed E-state index contributed by atoms with van der Waals surface area (Å²) in [4.78, 5) is 28.2. The van der Waals surface area contributed by atoms with Crippen molar-refractivity contribution < 1.29 is 18.8 Å². The van der Waals surface area contributed by atoms with E-state index in [1.165, 1.54) is 12.1 Å². The standard InChI is InChI=1S/C18H17N5O5/c1-10(2)19-15(24)8-23-16(25)6-4-12(21-23)18-20-17(22-28-18)11-3-5-13-14(7-11)27-9-26-13/h3-7,10H,8-9H2,1-2H3,(H,19,24). The molecule has 28 heavy (non-hydrogen) atoms. The number of rotatable bonds is 5. The third kappa shape index (κ3) is 3.56. The van der Waals surface area contributed by atoms with E-state index in [4.69, 9.17) is 14.0 Å². The number of nitrogens with one attached hydrogen (secondary N) is 1. The maximum atomic E-state index is 12.0. The number of hydrogen-bond donors (Lipinski definition) is 1. The number of fused-ring (bicyclic) bond motifs is 1. The number of ether oxygens (including phenoxy) is 2. The largest absolute Gasteiger partial charge is 0.454 e. The Morgan fingerprint density at radius 2 is 2.04 bits per heavy atom. The zero-order valence-electron chi connectivity index (χ0n) is 15.2. The minimum atomic E-state index is -0.404. The van der Waals surface area contributed by atoms with Gasteiger partial charge in [0.1, 0.15) is 12.2 Å². The van der Waals surface area contributed by atoms with Crippen LogP contribution in [0.3, 0.4) is 0 Å². The SMILES string of the molecule is CC(C)NC(=O)Cn1nc(-c2nc(-c3ccc4c(c3)OCO4)no2)ccc1=O.